The highest BCUT2D eigenvalue weighted by atomic mass is 32.2. The normalized spacial score (nSPS) is 12.6. The number of nitrogens with two attached hydrogens (primary N) is 1. The van der Waals surface area contributed by atoms with E-state index in [1.807, 2.05) is 37.3 Å². The van der Waals surface area contributed by atoms with Crippen LogP contribution in [0.3, 0.4) is 0 Å². The molecule has 1 unspecified atom stereocenters. The summed E-state index contributed by atoms with van der Waals surface area (Å²) in [6.07, 6.45) is 0.672. The number of carbonyl (C=O) groups is 1. The summed E-state index contributed by atoms with van der Waals surface area (Å²) in [6.45, 7) is 1.95. The van der Waals surface area contributed by atoms with Crippen LogP contribution in [0.5, 0.6) is 0 Å². The number of hydrogen-bond donors (Lipinski definition) is 2. The molecule has 3 N–H and O–H groups in total. The zero-order valence-electron chi connectivity index (χ0n) is 12.2. The summed E-state index contributed by atoms with van der Waals surface area (Å²) in [5.41, 5.74) is 1.48. The number of rotatable bonds is 5. The molecule has 6 heteroatoms. The number of carbonyl (C=O) groups excluding carboxylic acids is 1. The Morgan fingerprint density at radius 2 is 1.68 bits per heavy atom. The first-order chi connectivity index (χ1) is 10.4. The molecule has 0 fully saturated rings. The van der Waals surface area contributed by atoms with Crippen molar-refractivity contribution in [2.75, 3.05) is 5.32 Å². The van der Waals surface area contributed by atoms with Crippen molar-refractivity contribution in [1.29, 1.82) is 0 Å². The molecule has 2 rings (SSSR count). The standard InChI is InChI=1S/C16H18N2O3S/c1-2-15(12-6-4-3-5-7-12)16(19)18-13-8-10-14(11-9-13)22(17,20)21/h3-11,15H,2H2,1H3,(H,18,19)(H2,17,20,21). The lowest BCUT2D eigenvalue weighted by Gasteiger charge is -2.15. The highest BCUT2D eigenvalue weighted by molar-refractivity contribution is 7.89. The lowest BCUT2D eigenvalue weighted by Crippen LogP contribution is -2.20. The summed E-state index contributed by atoms with van der Waals surface area (Å²) in [5, 5.41) is 7.83. The number of primary sulfonamides is 1. The van der Waals surface area contributed by atoms with Crippen molar-refractivity contribution in [3.05, 3.63) is 60.2 Å². The molecule has 0 bridgehead atoms. The summed E-state index contributed by atoms with van der Waals surface area (Å²) in [5.74, 6) is -0.379. The SMILES string of the molecule is CCC(C(=O)Nc1ccc(S(N)(=O)=O)cc1)c1ccccc1. The minimum absolute atomic E-state index is 0.0144. The highest BCUT2D eigenvalue weighted by Crippen LogP contribution is 2.22. The van der Waals surface area contributed by atoms with Gasteiger partial charge in [0.25, 0.3) is 0 Å². The molecule has 0 aromatic heterocycles. The smallest absolute Gasteiger partial charge is 0.238 e. The predicted molar refractivity (Wildman–Crippen MR) is 85.9 cm³/mol. The van der Waals surface area contributed by atoms with Gasteiger partial charge >= 0.3 is 0 Å². The van der Waals surface area contributed by atoms with Crippen LogP contribution in [-0.4, -0.2) is 14.3 Å². The van der Waals surface area contributed by atoms with E-state index >= 15 is 0 Å². The van der Waals surface area contributed by atoms with E-state index in [0.717, 1.165) is 5.56 Å². The molecule has 22 heavy (non-hydrogen) atoms. The fraction of sp³-hybridized carbons (Fsp3) is 0.188. The van der Waals surface area contributed by atoms with Crippen LogP contribution in [0.4, 0.5) is 5.69 Å². The maximum atomic E-state index is 12.4. The highest BCUT2D eigenvalue weighted by Gasteiger charge is 2.18. The molecular weight excluding hydrogens is 300 g/mol. The summed E-state index contributed by atoms with van der Waals surface area (Å²) in [4.78, 5) is 12.4. The lowest BCUT2D eigenvalue weighted by molar-refractivity contribution is -0.117. The van der Waals surface area contributed by atoms with Crippen LogP contribution in [0.25, 0.3) is 0 Å². The van der Waals surface area contributed by atoms with Gasteiger partial charge in [-0.1, -0.05) is 37.3 Å². The molecule has 5 nitrogen and oxygen atoms in total. The molecule has 0 spiro atoms. The van der Waals surface area contributed by atoms with Gasteiger partial charge in [-0.05, 0) is 36.2 Å². The van der Waals surface area contributed by atoms with Gasteiger partial charge in [0.1, 0.15) is 0 Å². The van der Waals surface area contributed by atoms with E-state index in [1.165, 1.54) is 24.3 Å². The molecule has 0 radical (unpaired) electrons. The fourth-order valence-electron chi connectivity index (χ4n) is 2.22. The Kier molecular flexibility index (Phi) is 4.95. The number of nitrogens with one attached hydrogen (secondary N) is 1. The Hall–Kier alpha value is -2.18. The zero-order valence-corrected chi connectivity index (χ0v) is 13.0. The fourth-order valence-corrected chi connectivity index (χ4v) is 2.73. The minimum Gasteiger partial charge on any atom is -0.326 e. The van der Waals surface area contributed by atoms with Gasteiger partial charge in [-0.3, -0.25) is 4.79 Å². The molecular formula is C16H18N2O3S. The third-order valence-electron chi connectivity index (χ3n) is 3.38. The van der Waals surface area contributed by atoms with Crippen LogP contribution in [0, 0.1) is 0 Å². The van der Waals surface area contributed by atoms with Crippen LogP contribution in [0.1, 0.15) is 24.8 Å². The molecule has 2 aromatic rings. The lowest BCUT2D eigenvalue weighted by atomic mass is 9.95. The monoisotopic (exact) mass is 318 g/mol. The number of hydrogen-bond acceptors (Lipinski definition) is 3. The Bertz CT molecular complexity index is 741. The van der Waals surface area contributed by atoms with Gasteiger partial charge in [0.2, 0.25) is 15.9 Å². The number of benzene rings is 2. The summed E-state index contributed by atoms with van der Waals surface area (Å²) in [6, 6.07) is 15.3. The van der Waals surface area contributed by atoms with Crippen molar-refractivity contribution in [1.82, 2.24) is 0 Å². The maximum absolute atomic E-state index is 12.4. The molecule has 0 aliphatic heterocycles. The molecule has 0 heterocycles. The first kappa shape index (κ1) is 16.2. The third kappa shape index (κ3) is 3.93. The molecule has 1 atom stereocenters. The average Bonchev–Trinajstić information content (AvgIpc) is 2.48. The van der Waals surface area contributed by atoms with Crippen molar-refractivity contribution < 1.29 is 13.2 Å². The largest absolute Gasteiger partial charge is 0.326 e. The first-order valence-corrected chi connectivity index (χ1v) is 8.45. The number of anilines is 1. The van der Waals surface area contributed by atoms with E-state index in [0.29, 0.717) is 12.1 Å². The number of amides is 1. The van der Waals surface area contributed by atoms with Crippen LogP contribution in [0.15, 0.2) is 59.5 Å². The molecule has 0 saturated heterocycles. The van der Waals surface area contributed by atoms with Crippen LogP contribution >= 0.6 is 0 Å². The van der Waals surface area contributed by atoms with Crippen molar-refractivity contribution in [2.24, 2.45) is 5.14 Å². The van der Waals surface area contributed by atoms with Crippen molar-refractivity contribution in [2.45, 2.75) is 24.2 Å². The van der Waals surface area contributed by atoms with E-state index in [1.54, 1.807) is 0 Å². The molecule has 1 amide bonds. The Labute approximate surface area is 130 Å². The molecule has 0 aliphatic carbocycles. The second kappa shape index (κ2) is 6.72. The minimum atomic E-state index is -3.72. The third-order valence-corrected chi connectivity index (χ3v) is 4.31. The van der Waals surface area contributed by atoms with Gasteiger partial charge in [-0.25, -0.2) is 13.6 Å². The van der Waals surface area contributed by atoms with Crippen LogP contribution in [-0.2, 0) is 14.8 Å². The van der Waals surface area contributed by atoms with E-state index in [9.17, 15) is 13.2 Å². The second-order valence-corrected chi connectivity index (χ2v) is 6.49. The summed E-state index contributed by atoms with van der Waals surface area (Å²) >= 11 is 0. The van der Waals surface area contributed by atoms with Crippen LogP contribution in [0.2, 0.25) is 0 Å². The molecule has 116 valence electrons. The van der Waals surface area contributed by atoms with Gasteiger partial charge in [0, 0.05) is 5.69 Å². The van der Waals surface area contributed by atoms with Crippen molar-refractivity contribution in [3.8, 4) is 0 Å². The van der Waals surface area contributed by atoms with Gasteiger partial charge in [0.05, 0.1) is 10.8 Å². The molecule has 2 aromatic carbocycles. The average molecular weight is 318 g/mol. The van der Waals surface area contributed by atoms with Gasteiger partial charge in [-0.2, -0.15) is 0 Å². The van der Waals surface area contributed by atoms with Gasteiger partial charge in [-0.15, -0.1) is 0 Å². The molecule has 0 aliphatic rings. The Morgan fingerprint density at radius 1 is 1.09 bits per heavy atom. The topological polar surface area (TPSA) is 89.3 Å². The Morgan fingerprint density at radius 3 is 2.18 bits per heavy atom. The second-order valence-electron chi connectivity index (χ2n) is 4.93. The van der Waals surface area contributed by atoms with Crippen molar-refractivity contribution in [3.63, 3.8) is 0 Å². The first-order valence-electron chi connectivity index (χ1n) is 6.90. The van der Waals surface area contributed by atoms with Gasteiger partial charge < -0.3 is 5.32 Å². The van der Waals surface area contributed by atoms with Crippen LogP contribution < -0.4 is 10.5 Å². The predicted octanol–water partition coefficient (Wildman–Crippen LogP) is 2.47. The quantitative estimate of drug-likeness (QED) is 0.887. The Balaban J connectivity index is 2.14. The van der Waals surface area contributed by atoms with E-state index in [4.69, 9.17) is 5.14 Å². The van der Waals surface area contributed by atoms with E-state index < -0.39 is 10.0 Å². The molecule has 0 saturated carbocycles. The number of sulfonamides is 1. The van der Waals surface area contributed by atoms with E-state index in [2.05, 4.69) is 5.32 Å². The summed E-state index contributed by atoms with van der Waals surface area (Å²) in [7, 11) is -3.72. The van der Waals surface area contributed by atoms with Crippen molar-refractivity contribution >= 4 is 21.6 Å². The van der Waals surface area contributed by atoms with Gasteiger partial charge in [0.15, 0.2) is 0 Å². The summed E-state index contributed by atoms with van der Waals surface area (Å²) < 4.78 is 22.4. The zero-order chi connectivity index (χ0) is 16.2. The van der Waals surface area contributed by atoms with E-state index in [-0.39, 0.29) is 16.7 Å². The maximum Gasteiger partial charge on any atom is 0.238 e.